The van der Waals surface area contributed by atoms with Gasteiger partial charge in [-0.3, -0.25) is 9.78 Å². The molecule has 5 rings (SSSR count). The second-order valence-corrected chi connectivity index (χ2v) is 14.8. The van der Waals surface area contributed by atoms with Crippen molar-refractivity contribution in [2.24, 2.45) is 0 Å². The number of carbonyl (C=O) groups excluding carboxylic acids is 1. The fraction of sp³-hybridized carbons (Fsp3) is 0.312. The third-order valence-corrected chi connectivity index (χ3v) is 9.46. The van der Waals surface area contributed by atoms with Gasteiger partial charge in [0.15, 0.2) is 5.75 Å². The molecule has 7 nitrogen and oxygen atoms in total. The fourth-order valence-corrected chi connectivity index (χ4v) is 6.68. The summed E-state index contributed by atoms with van der Waals surface area (Å²) in [6.45, 7) is 3.90. The Morgan fingerprint density at radius 1 is 1.20 bits per heavy atom. The Kier molecular flexibility index (Phi) is 10.9. The third kappa shape index (κ3) is 7.92. The number of hydrogen-bond donors (Lipinski definition) is 2. The summed E-state index contributed by atoms with van der Waals surface area (Å²) in [7, 11) is 0. The van der Waals surface area contributed by atoms with Crippen molar-refractivity contribution in [3.05, 3.63) is 76.3 Å². The summed E-state index contributed by atoms with van der Waals surface area (Å²) in [5.41, 5.74) is 4.57. The Balaban J connectivity index is 0.000000223. The van der Waals surface area contributed by atoms with E-state index in [-0.39, 0.29) is 17.5 Å². The molecule has 0 fully saturated rings. The first-order chi connectivity index (χ1) is 20.9. The van der Waals surface area contributed by atoms with Gasteiger partial charge in [-0.2, -0.15) is 0 Å². The van der Waals surface area contributed by atoms with Crippen LogP contribution in [0.2, 0.25) is 5.02 Å². The molecule has 2 N–H and O–H groups in total. The van der Waals surface area contributed by atoms with Crippen LogP contribution in [0.5, 0.6) is 11.5 Å². The molecule has 2 atom stereocenters. The van der Waals surface area contributed by atoms with Gasteiger partial charge in [-0.25, -0.2) is 18.2 Å². The predicted molar refractivity (Wildman–Crippen MR) is 171 cm³/mol. The molecule has 0 radical (unpaired) electrons. The first-order valence-electron chi connectivity index (χ1n) is 13.8. The van der Waals surface area contributed by atoms with Gasteiger partial charge in [0.05, 0.1) is 5.02 Å². The molecule has 2 aromatic heterocycles. The zero-order valence-corrected chi connectivity index (χ0v) is 26.3. The molecule has 12 heteroatoms. The van der Waals surface area contributed by atoms with Gasteiger partial charge >= 0.3 is 0 Å². The molecule has 234 valence electrons. The Labute approximate surface area is 259 Å². The minimum atomic E-state index is -2.48. The van der Waals surface area contributed by atoms with E-state index in [0.717, 1.165) is 27.5 Å². The summed E-state index contributed by atoms with van der Waals surface area (Å²) in [4.78, 5) is 19.7. The highest BCUT2D eigenvalue weighted by atomic mass is 35.5. The number of amides is 1. The van der Waals surface area contributed by atoms with Crippen LogP contribution in [0.1, 0.15) is 29.2 Å². The van der Waals surface area contributed by atoms with E-state index >= 15 is 0 Å². The lowest BCUT2D eigenvalue weighted by molar-refractivity contribution is -0.109. The van der Waals surface area contributed by atoms with E-state index in [1.807, 2.05) is 32.0 Å². The van der Waals surface area contributed by atoms with Crippen molar-refractivity contribution in [1.29, 1.82) is 0 Å². The number of benzene rings is 2. The quantitative estimate of drug-likeness (QED) is 0.155. The molecular weight excluding hydrogens is 614 g/mol. The normalized spacial score (nSPS) is 16.1. The summed E-state index contributed by atoms with van der Waals surface area (Å²) >= 11 is 5.96. The van der Waals surface area contributed by atoms with E-state index in [2.05, 4.69) is 23.3 Å². The van der Waals surface area contributed by atoms with Crippen molar-refractivity contribution < 1.29 is 32.5 Å². The van der Waals surface area contributed by atoms with Crippen LogP contribution in [-0.2, 0) is 4.79 Å². The average molecular weight is 648 g/mol. The van der Waals surface area contributed by atoms with E-state index < -0.39 is 25.7 Å². The summed E-state index contributed by atoms with van der Waals surface area (Å²) in [5, 5.41) is 14.0. The summed E-state index contributed by atoms with van der Waals surface area (Å²) in [6, 6.07) is 12.0. The average Bonchev–Trinajstić information content (AvgIpc) is 3.29. The molecule has 3 heterocycles. The molecule has 2 unspecified atom stereocenters. The largest absolute Gasteiger partial charge is 0.486 e. The maximum atomic E-state index is 13.6. The van der Waals surface area contributed by atoms with Crippen molar-refractivity contribution in [2.45, 2.75) is 32.6 Å². The van der Waals surface area contributed by atoms with E-state index in [1.165, 1.54) is 12.1 Å². The molecular formula is C32H34ClF3N3O4P. The minimum Gasteiger partial charge on any atom is -0.486 e. The van der Waals surface area contributed by atoms with Crippen LogP contribution in [-0.4, -0.2) is 67.0 Å². The number of aliphatic hydroxyl groups excluding tert-OH is 1. The van der Waals surface area contributed by atoms with E-state index in [4.69, 9.17) is 26.1 Å². The van der Waals surface area contributed by atoms with Crippen LogP contribution in [0.3, 0.4) is 0 Å². The highest BCUT2D eigenvalue weighted by molar-refractivity contribution is 7.80. The highest BCUT2D eigenvalue weighted by Crippen LogP contribution is 2.51. The zero-order valence-electron chi connectivity index (χ0n) is 24.6. The topological polar surface area (TPSA) is 93.6 Å². The van der Waals surface area contributed by atoms with Crippen LogP contribution in [0.4, 0.5) is 13.2 Å². The van der Waals surface area contributed by atoms with E-state index in [1.54, 1.807) is 18.3 Å². The third-order valence-electron chi connectivity index (χ3n) is 6.98. The number of pyridine rings is 2. The summed E-state index contributed by atoms with van der Waals surface area (Å²) < 4.78 is 48.9. The second kappa shape index (κ2) is 14.5. The van der Waals surface area contributed by atoms with Crippen molar-refractivity contribution in [3.8, 4) is 22.8 Å². The van der Waals surface area contributed by atoms with Crippen LogP contribution in [0.25, 0.3) is 22.2 Å². The van der Waals surface area contributed by atoms with E-state index in [9.17, 15) is 23.1 Å². The Morgan fingerprint density at radius 2 is 1.95 bits per heavy atom. The number of carbonyl (C=O) groups is 1. The molecule has 4 aromatic rings. The lowest BCUT2D eigenvalue weighted by atomic mass is 9.99. The second-order valence-electron chi connectivity index (χ2n) is 10.8. The van der Waals surface area contributed by atoms with Crippen molar-refractivity contribution >= 4 is 47.4 Å². The number of fused-ring (bicyclic) bond motifs is 2. The zero-order chi connectivity index (χ0) is 32.0. The number of ether oxygens (including phenoxy) is 2. The van der Waals surface area contributed by atoms with Gasteiger partial charge in [-0.1, -0.05) is 17.9 Å². The summed E-state index contributed by atoms with van der Waals surface area (Å²) in [6.07, 6.45) is 5.14. The molecule has 0 saturated carbocycles. The Bertz CT molecular complexity index is 1700. The molecule has 0 spiro atoms. The molecule has 44 heavy (non-hydrogen) atoms. The van der Waals surface area contributed by atoms with Crippen LogP contribution >= 0.6 is 18.5 Å². The number of nitrogens with one attached hydrogen (secondary N) is 1. The highest BCUT2D eigenvalue weighted by Gasteiger charge is 2.30. The first kappa shape index (κ1) is 33.3. The SMILES string of the molecule is C=P1(C)COc2c1cc(C(CCO)CNC=O)nc2-c1ccc(F)c(Cl)c1.Cc1cnc2c(OCC(F)F)cc(C)cc2c1. The minimum absolute atomic E-state index is 0.00756. The van der Waals surface area contributed by atoms with Gasteiger partial charge in [0.25, 0.3) is 6.43 Å². The van der Waals surface area contributed by atoms with Gasteiger partial charge < -0.3 is 19.9 Å². The standard InChI is InChI=1S/C19H21ClFN2O3P.C13H13F2NO/c1-27(2)11-26-19-17(27)8-16(13(5-6-24)9-22-10-25)23-18(19)12-3-4-15(21)14(20)7-12;1-8-3-10-4-9(2)6-16-13(10)11(5-8)17-7-12(14)15/h3-4,7-8,10,13,24H,1,5-6,9,11H2,2H3,(H,22,25);3-6,12H,7H2,1-2H3. The Hall–Kier alpha value is -3.59. The monoisotopic (exact) mass is 647 g/mol. The van der Waals surface area contributed by atoms with Crippen LogP contribution in [0, 0.1) is 19.7 Å². The Morgan fingerprint density at radius 3 is 2.64 bits per heavy atom. The lowest BCUT2D eigenvalue weighted by Gasteiger charge is -2.19. The number of aliphatic hydroxyl groups is 1. The predicted octanol–water partition coefficient (Wildman–Crippen LogP) is 6.30. The molecule has 1 aliphatic rings. The number of rotatable bonds is 10. The number of nitrogens with zero attached hydrogens (tertiary/aromatic N) is 2. The molecule has 0 bridgehead atoms. The summed E-state index contributed by atoms with van der Waals surface area (Å²) in [5.74, 6) is 0.399. The van der Waals surface area contributed by atoms with Crippen molar-refractivity contribution in [2.75, 3.05) is 32.8 Å². The number of hydrogen-bond acceptors (Lipinski definition) is 6. The van der Waals surface area contributed by atoms with E-state index in [0.29, 0.717) is 54.0 Å². The molecule has 1 aliphatic heterocycles. The number of alkyl halides is 2. The maximum absolute atomic E-state index is 13.6. The smallest absolute Gasteiger partial charge is 0.272 e. The van der Waals surface area contributed by atoms with Crippen molar-refractivity contribution in [1.82, 2.24) is 15.3 Å². The van der Waals surface area contributed by atoms with Crippen molar-refractivity contribution in [3.63, 3.8) is 0 Å². The van der Waals surface area contributed by atoms with Gasteiger partial charge in [0.2, 0.25) is 6.41 Å². The van der Waals surface area contributed by atoms with Gasteiger partial charge in [0, 0.05) is 47.2 Å². The van der Waals surface area contributed by atoms with Gasteiger partial charge in [-0.05, 0) is 87.4 Å². The molecule has 1 amide bonds. The van der Waals surface area contributed by atoms with Crippen LogP contribution in [0.15, 0.2) is 48.7 Å². The molecule has 0 saturated heterocycles. The number of aryl methyl sites for hydroxylation is 2. The maximum Gasteiger partial charge on any atom is 0.272 e. The number of aromatic nitrogens is 2. The fourth-order valence-electron chi connectivity index (χ4n) is 4.84. The molecule has 2 aromatic carbocycles. The lowest BCUT2D eigenvalue weighted by Crippen LogP contribution is -2.23. The van der Waals surface area contributed by atoms with Crippen LogP contribution < -0.4 is 20.1 Å². The number of halogens is 4. The van der Waals surface area contributed by atoms with Gasteiger partial charge in [-0.15, -0.1) is 0 Å². The first-order valence-corrected chi connectivity index (χ1v) is 16.8. The molecule has 0 aliphatic carbocycles. The van der Waals surface area contributed by atoms with Gasteiger partial charge in [0.1, 0.15) is 35.7 Å².